The standard InChI is InChI=1S/C23H28ClN5O4/c1-5-31-18-13-29(22-21-16(7-8-19(24)26-21)28(4)23(30)27-22)11-10-17(18)33-20-9-6-15(12-25-20)32-14(2)3/h6-9,12,14,17-18H,5,10-11,13H2,1-4H3/t17-,18-/m1/s1. The molecule has 0 aromatic carbocycles. The number of aryl methyl sites for hydroxylation is 1. The molecule has 0 saturated carbocycles. The van der Waals surface area contributed by atoms with Gasteiger partial charge in [0.25, 0.3) is 0 Å². The molecular formula is C23H28ClN5O4. The van der Waals surface area contributed by atoms with E-state index in [1.54, 1.807) is 31.4 Å². The summed E-state index contributed by atoms with van der Waals surface area (Å²) in [5.74, 6) is 1.72. The largest absolute Gasteiger partial charge is 0.489 e. The van der Waals surface area contributed by atoms with Crippen LogP contribution in [-0.4, -0.2) is 57.5 Å². The highest BCUT2D eigenvalue weighted by molar-refractivity contribution is 6.29. The molecule has 0 amide bonds. The molecule has 1 aliphatic rings. The highest BCUT2D eigenvalue weighted by Crippen LogP contribution is 2.28. The fourth-order valence-corrected chi connectivity index (χ4v) is 4.08. The second-order valence-corrected chi connectivity index (χ2v) is 8.55. The van der Waals surface area contributed by atoms with Gasteiger partial charge in [0.15, 0.2) is 5.82 Å². The first-order valence-electron chi connectivity index (χ1n) is 11.0. The Kier molecular flexibility index (Phi) is 6.99. The van der Waals surface area contributed by atoms with Crippen LogP contribution in [0.2, 0.25) is 5.15 Å². The van der Waals surface area contributed by atoms with Crippen LogP contribution in [0.25, 0.3) is 11.0 Å². The second kappa shape index (κ2) is 9.93. The summed E-state index contributed by atoms with van der Waals surface area (Å²) < 4.78 is 19.3. The van der Waals surface area contributed by atoms with Crippen molar-refractivity contribution >= 4 is 28.5 Å². The zero-order valence-corrected chi connectivity index (χ0v) is 20.0. The zero-order valence-electron chi connectivity index (χ0n) is 19.2. The molecule has 1 fully saturated rings. The first-order valence-corrected chi connectivity index (χ1v) is 11.4. The maximum atomic E-state index is 12.5. The van der Waals surface area contributed by atoms with Gasteiger partial charge < -0.3 is 19.1 Å². The maximum absolute atomic E-state index is 12.5. The van der Waals surface area contributed by atoms with Crippen molar-refractivity contribution in [1.82, 2.24) is 19.5 Å². The molecular weight excluding hydrogens is 446 g/mol. The number of hydrogen-bond donors (Lipinski definition) is 0. The number of pyridine rings is 2. The number of aromatic nitrogens is 4. The Balaban J connectivity index is 1.56. The summed E-state index contributed by atoms with van der Waals surface area (Å²) in [5.41, 5.74) is 0.913. The molecule has 0 radical (unpaired) electrons. The van der Waals surface area contributed by atoms with E-state index >= 15 is 0 Å². The predicted molar refractivity (Wildman–Crippen MR) is 126 cm³/mol. The Labute approximate surface area is 197 Å². The smallest absolute Gasteiger partial charge is 0.349 e. The summed E-state index contributed by atoms with van der Waals surface area (Å²) in [6, 6.07) is 7.10. The predicted octanol–water partition coefficient (Wildman–Crippen LogP) is 3.23. The number of ether oxygens (including phenoxy) is 3. The third-order valence-electron chi connectivity index (χ3n) is 5.43. The van der Waals surface area contributed by atoms with Gasteiger partial charge in [-0.1, -0.05) is 11.6 Å². The average Bonchev–Trinajstić information content (AvgIpc) is 2.78. The lowest BCUT2D eigenvalue weighted by atomic mass is 10.0. The van der Waals surface area contributed by atoms with Crippen LogP contribution in [0.15, 0.2) is 35.3 Å². The summed E-state index contributed by atoms with van der Waals surface area (Å²) >= 11 is 6.15. The summed E-state index contributed by atoms with van der Waals surface area (Å²) in [4.78, 5) is 27.6. The van der Waals surface area contributed by atoms with Gasteiger partial charge >= 0.3 is 5.69 Å². The van der Waals surface area contributed by atoms with E-state index in [1.807, 2.05) is 31.7 Å². The molecule has 2 atom stereocenters. The van der Waals surface area contributed by atoms with Crippen molar-refractivity contribution in [2.75, 3.05) is 24.6 Å². The van der Waals surface area contributed by atoms with Gasteiger partial charge in [0, 0.05) is 39.2 Å². The Morgan fingerprint density at radius 3 is 2.70 bits per heavy atom. The van der Waals surface area contributed by atoms with Crippen LogP contribution in [0, 0.1) is 0 Å². The lowest BCUT2D eigenvalue weighted by Gasteiger charge is -2.38. The van der Waals surface area contributed by atoms with Gasteiger partial charge in [0.1, 0.15) is 28.6 Å². The van der Waals surface area contributed by atoms with E-state index in [-0.39, 0.29) is 24.0 Å². The number of halogens is 1. The molecule has 3 aromatic rings. The van der Waals surface area contributed by atoms with Gasteiger partial charge in [-0.3, -0.25) is 4.57 Å². The lowest BCUT2D eigenvalue weighted by molar-refractivity contribution is -0.0297. The summed E-state index contributed by atoms with van der Waals surface area (Å²) in [6.45, 7) is 7.52. The number of rotatable bonds is 7. The van der Waals surface area contributed by atoms with Gasteiger partial charge in [0.05, 0.1) is 17.8 Å². The number of anilines is 1. The van der Waals surface area contributed by atoms with Gasteiger partial charge in [0.2, 0.25) is 5.88 Å². The molecule has 176 valence electrons. The van der Waals surface area contributed by atoms with E-state index in [0.29, 0.717) is 59.8 Å². The van der Waals surface area contributed by atoms with Crippen molar-refractivity contribution in [2.24, 2.45) is 7.05 Å². The third kappa shape index (κ3) is 5.20. The van der Waals surface area contributed by atoms with Crippen molar-refractivity contribution in [3.05, 3.63) is 46.1 Å². The van der Waals surface area contributed by atoms with E-state index in [0.717, 1.165) is 0 Å². The molecule has 0 bridgehead atoms. The Hall–Kier alpha value is -2.91. The molecule has 0 aliphatic carbocycles. The van der Waals surface area contributed by atoms with Crippen molar-refractivity contribution < 1.29 is 14.2 Å². The van der Waals surface area contributed by atoms with Crippen molar-refractivity contribution in [1.29, 1.82) is 0 Å². The zero-order chi connectivity index (χ0) is 23.5. The molecule has 4 heterocycles. The fourth-order valence-electron chi connectivity index (χ4n) is 3.93. The normalized spacial score (nSPS) is 18.7. The topological polar surface area (TPSA) is 91.6 Å². The van der Waals surface area contributed by atoms with Crippen LogP contribution >= 0.6 is 11.6 Å². The van der Waals surface area contributed by atoms with Gasteiger partial charge in [-0.15, -0.1) is 0 Å². The monoisotopic (exact) mass is 473 g/mol. The van der Waals surface area contributed by atoms with E-state index in [1.165, 1.54) is 4.57 Å². The number of fused-ring (bicyclic) bond motifs is 1. The molecule has 1 saturated heterocycles. The molecule has 0 N–H and O–H groups in total. The summed E-state index contributed by atoms with van der Waals surface area (Å²) in [7, 11) is 1.67. The highest BCUT2D eigenvalue weighted by atomic mass is 35.5. The second-order valence-electron chi connectivity index (χ2n) is 8.16. The first-order chi connectivity index (χ1) is 15.9. The van der Waals surface area contributed by atoms with Crippen molar-refractivity contribution in [3.8, 4) is 11.6 Å². The number of nitrogens with zero attached hydrogens (tertiary/aromatic N) is 5. The summed E-state index contributed by atoms with van der Waals surface area (Å²) in [5, 5.41) is 0.347. The van der Waals surface area contributed by atoms with Gasteiger partial charge in [-0.05, 0) is 39.0 Å². The van der Waals surface area contributed by atoms with Crippen LogP contribution in [0.4, 0.5) is 5.82 Å². The minimum Gasteiger partial charge on any atom is -0.489 e. The lowest BCUT2D eigenvalue weighted by Crippen LogP contribution is -2.51. The minimum absolute atomic E-state index is 0.0779. The van der Waals surface area contributed by atoms with Crippen LogP contribution in [0.3, 0.4) is 0 Å². The van der Waals surface area contributed by atoms with Crippen LogP contribution in [-0.2, 0) is 11.8 Å². The summed E-state index contributed by atoms with van der Waals surface area (Å²) in [6.07, 6.45) is 1.97. The molecule has 0 spiro atoms. The van der Waals surface area contributed by atoms with Crippen LogP contribution in [0.1, 0.15) is 27.2 Å². The first kappa shape index (κ1) is 23.3. The number of hydrogen-bond acceptors (Lipinski definition) is 8. The van der Waals surface area contributed by atoms with Gasteiger partial charge in [-0.25, -0.2) is 14.8 Å². The quantitative estimate of drug-likeness (QED) is 0.483. The van der Waals surface area contributed by atoms with E-state index in [4.69, 9.17) is 25.8 Å². The average molecular weight is 474 g/mol. The van der Waals surface area contributed by atoms with E-state index < -0.39 is 0 Å². The van der Waals surface area contributed by atoms with Crippen LogP contribution < -0.4 is 20.1 Å². The Morgan fingerprint density at radius 2 is 2.00 bits per heavy atom. The maximum Gasteiger partial charge on any atom is 0.349 e. The Bertz CT molecular complexity index is 1170. The van der Waals surface area contributed by atoms with Crippen molar-refractivity contribution in [3.63, 3.8) is 0 Å². The van der Waals surface area contributed by atoms with Gasteiger partial charge in [-0.2, -0.15) is 4.98 Å². The molecule has 1 aliphatic heterocycles. The third-order valence-corrected chi connectivity index (χ3v) is 5.64. The van der Waals surface area contributed by atoms with E-state index in [2.05, 4.69) is 15.0 Å². The van der Waals surface area contributed by atoms with Crippen molar-refractivity contribution in [2.45, 2.75) is 45.5 Å². The van der Waals surface area contributed by atoms with Crippen LogP contribution in [0.5, 0.6) is 11.6 Å². The molecule has 9 nitrogen and oxygen atoms in total. The molecule has 33 heavy (non-hydrogen) atoms. The number of piperidine rings is 1. The molecule has 0 unspecified atom stereocenters. The van der Waals surface area contributed by atoms with E-state index in [9.17, 15) is 4.79 Å². The SMILES string of the molecule is CCO[C@@H]1CN(c2nc(=O)n(C)c3ccc(Cl)nc23)CC[C@H]1Oc1ccc(OC(C)C)cn1. The Morgan fingerprint density at radius 1 is 1.18 bits per heavy atom. The highest BCUT2D eigenvalue weighted by Gasteiger charge is 2.33. The molecule has 3 aromatic heterocycles. The molecule has 10 heteroatoms. The minimum atomic E-state index is -0.346. The molecule has 4 rings (SSSR count). The fraction of sp³-hybridized carbons (Fsp3) is 0.478.